The van der Waals surface area contributed by atoms with Gasteiger partial charge in [0.25, 0.3) is 0 Å². The molecule has 0 bridgehead atoms. The van der Waals surface area contributed by atoms with Gasteiger partial charge in [0, 0.05) is 16.8 Å². The van der Waals surface area contributed by atoms with Crippen molar-refractivity contribution in [2.24, 2.45) is 5.73 Å². The van der Waals surface area contributed by atoms with Gasteiger partial charge < -0.3 is 15.6 Å². The number of para-hydroxylation sites is 1. The minimum atomic E-state index is -1.05. The molecular weight excluding hydrogens is 440 g/mol. The van der Waals surface area contributed by atoms with Crippen LogP contribution in [-0.4, -0.2) is 28.1 Å². The summed E-state index contributed by atoms with van der Waals surface area (Å²) in [5.74, 6) is -1.41. The molecule has 3 aromatic carbocycles. The Morgan fingerprint density at radius 2 is 1.73 bits per heavy atom. The smallest absolute Gasteiger partial charge is 0.305 e. The van der Waals surface area contributed by atoms with Gasteiger partial charge in [0.1, 0.15) is 17.7 Å². The molecule has 0 aromatic heterocycles. The fraction of sp³-hybridized carbons (Fsp3) is 0.160. The Morgan fingerprint density at radius 1 is 1.00 bits per heavy atom. The minimum absolute atomic E-state index is 0.263. The van der Waals surface area contributed by atoms with Crippen LogP contribution in [0.15, 0.2) is 78.9 Å². The third-order valence-corrected chi connectivity index (χ3v) is 6.65. The Bertz CT molecular complexity index is 1180. The van der Waals surface area contributed by atoms with Crippen molar-refractivity contribution in [3.05, 3.63) is 95.6 Å². The number of hydrogen-bond acceptors (Lipinski definition) is 5. The number of aliphatic carboxylic acids is 1. The lowest BCUT2D eigenvalue weighted by molar-refractivity contribution is -0.138. The zero-order valence-electron chi connectivity index (χ0n) is 17.6. The lowest BCUT2D eigenvalue weighted by Gasteiger charge is -2.26. The molecule has 1 aliphatic rings. The van der Waals surface area contributed by atoms with Crippen LogP contribution in [0, 0.1) is 0 Å². The predicted molar refractivity (Wildman–Crippen MR) is 126 cm³/mol. The number of primary amides is 1. The molecule has 0 spiro atoms. The Balaban J connectivity index is 1.71. The van der Waals surface area contributed by atoms with Gasteiger partial charge in [0.2, 0.25) is 11.8 Å². The number of hydrogen-bond donors (Lipinski definition) is 2. The maximum absolute atomic E-state index is 13.3. The number of nitrogens with zero attached hydrogens (tertiary/aromatic N) is 1. The van der Waals surface area contributed by atoms with E-state index >= 15 is 0 Å². The minimum Gasteiger partial charge on any atom is -0.489 e. The number of carboxylic acids is 1. The summed E-state index contributed by atoms with van der Waals surface area (Å²) in [6, 6.07) is 23.5. The van der Waals surface area contributed by atoms with Crippen molar-refractivity contribution in [1.82, 2.24) is 0 Å². The summed E-state index contributed by atoms with van der Waals surface area (Å²) in [6.45, 7) is 0.346. The van der Waals surface area contributed by atoms with Crippen molar-refractivity contribution in [1.29, 1.82) is 0 Å². The first-order valence-corrected chi connectivity index (χ1v) is 11.2. The lowest BCUT2D eigenvalue weighted by atomic mass is 10.1. The summed E-state index contributed by atoms with van der Waals surface area (Å²) < 4.78 is 6.09. The molecule has 0 radical (unpaired) electrons. The normalized spacial score (nSPS) is 17.7. The first kappa shape index (κ1) is 22.4. The van der Waals surface area contributed by atoms with Gasteiger partial charge in [0.05, 0.1) is 11.7 Å². The van der Waals surface area contributed by atoms with Crippen molar-refractivity contribution in [2.45, 2.75) is 23.7 Å². The van der Waals surface area contributed by atoms with E-state index in [1.54, 1.807) is 24.3 Å². The maximum atomic E-state index is 13.3. The lowest BCUT2D eigenvalue weighted by Crippen LogP contribution is -2.32. The fourth-order valence-corrected chi connectivity index (χ4v) is 5.14. The zero-order valence-corrected chi connectivity index (χ0v) is 18.4. The van der Waals surface area contributed by atoms with Crippen LogP contribution < -0.4 is 15.4 Å². The van der Waals surface area contributed by atoms with Gasteiger partial charge in [0.15, 0.2) is 0 Å². The number of amides is 2. The highest BCUT2D eigenvalue weighted by Crippen LogP contribution is 2.49. The van der Waals surface area contributed by atoms with E-state index in [9.17, 15) is 19.5 Å². The Morgan fingerprint density at radius 3 is 2.45 bits per heavy atom. The van der Waals surface area contributed by atoms with Crippen LogP contribution in [-0.2, 0) is 16.2 Å². The first-order valence-electron chi connectivity index (χ1n) is 10.3. The topological polar surface area (TPSA) is 110 Å². The number of anilines is 1. The van der Waals surface area contributed by atoms with Crippen LogP contribution in [0.1, 0.15) is 33.3 Å². The Hall–Kier alpha value is -3.78. The Kier molecular flexibility index (Phi) is 6.65. The molecule has 33 heavy (non-hydrogen) atoms. The number of ether oxygens (including phenoxy) is 1. The van der Waals surface area contributed by atoms with Gasteiger partial charge in [-0.2, -0.15) is 0 Å². The quantitative estimate of drug-likeness (QED) is 0.524. The molecule has 2 amide bonds. The SMILES string of the molecule is NC(=O)c1cccc(N2C(=O)[C@H](CC(=O)O)S[C@H]2c2ccccc2OCc2ccccc2)c1. The molecule has 1 fully saturated rings. The third kappa shape index (κ3) is 5.01. The molecule has 1 saturated heterocycles. The zero-order chi connectivity index (χ0) is 23.4. The van der Waals surface area contributed by atoms with Crippen molar-refractivity contribution >= 4 is 35.2 Å². The largest absolute Gasteiger partial charge is 0.489 e. The van der Waals surface area contributed by atoms with Crippen molar-refractivity contribution in [3.63, 3.8) is 0 Å². The van der Waals surface area contributed by atoms with E-state index in [1.165, 1.54) is 16.7 Å². The molecule has 7 nitrogen and oxygen atoms in total. The highest BCUT2D eigenvalue weighted by Gasteiger charge is 2.44. The van der Waals surface area contributed by atoms with E-state index < -0.39 is 22.5 Å². The third-order valence-electron chi connectivity index (χ3n) is 5.23. The van der Waals surface area contributed by atoms with Crippen LogP contribution in [0.4, 0.5) is 5.69 Å². The fourth-order valence-electron chi connectivity index (χ4n) is 3.67. The summed E-state index contributed by atoms with van der Waals surface area (Å²) in [6.07, 6.45) is -0.306. The van der Waals surface area contributed by atoms with Gasteiger partial charge in [-0.3, -0.25) is 19.3 Å². The van der Waals surface area contributed by atoms with Crippen LogP contribution in [0.5, 0.6) is 5.75 Å². The van der Waals surface area contributed by atoms with Crippen LogP contribution in [0.3, 0.4) is 0 Å². The average molecular weight is 463 g/mol. The van der Waals surface area contributed by atoms with Gasteiger partial charge in [-0.25, -0.2) is 0 Å². The summed E-state index contributed by atoms with van der Waals surface area (Å²) in [5.41, 5.74) is 7.90. The second-order valence-electron chi connectivity index (χ2n) is 7.51. The number of carbonyl (C=O) groups excluding carboxylic acids is 2. The Labute approximate surface area is 195 Å². The van der Waals surface area contributed by atoms with Gasteiger partial charge in [-0.05, 0) is 29.8 Å². The number of carboxylic acid groups (broad SMARTS) is 1. The highest BCUT2D eigenvalue weighted by molar-refractivity contribution is 8.01. The van der Waals surface area contributed by atoms with Crippen LogP contribution in [0.25, 0.3) is 0 Å². The van der Waals surface area contributed by atoms with E-state index in [1.807, 2.05) is 54.6 Å². The van der Waals surface area contributed by atoms with Crippen LogP contribution >= 0.6 is 11.8 Å². The molecule has 8 heteroatoms. The summed E-state index contributed by atoms with van der Waals surface area (Å²) in [4.78, 5) is 37.9. The number of rotatable bonds is 8. The molecule has 0 unspecified atom stereocenters. The van der Waals surface area contributed by atoms with Gasteiger partial charge in [-0.1, -0.05) is 54.6 Å². The van der Waals surface area contributed by atoms with Crippen molar-refractivity contribution < 1.29 is 24.2 Å². The molecule has 0 saturated carbocycles. The molecule has 1 aliphatic heterocycles. The maximum Gasteiger partial charge on any atom is 0.305 e. The van der Waals surface area contributed by atoms with Crippen molar-refractivity contribution in [2.75, 3.05) is 4.90 Å². The summed E-state index contributed by atoms with van der Waals surface area (Å²) >= 11 is 1.25. The molecule has 2 atom stereocenters. The van der Waals surface area contributed by atoms with Gasteiger partial charge in [-0.15, -0.1) is 11.8 Å². The standard InChI is InChI=1S/C25H22N2O5S/c26-23(30)17-9-6-10-18(13-17)27-24(31)21(14-22(28)29)33-25(27)19-11-4-5-12-20(19)32-15-16-7-2-1-3-8-16/h1-13,21,25H,14-15H2,(H2,26,30)(H,28,29)/t21-,25-/m0/s1. The molecular formula is C25H22N2O5S. The van der Waals surface area contributed by atoms with Gasteiger partial charge >= 0.3 is 5.97 Å². The molecule has 0 aliphatic carbocycles. The van der Waals surface area contributed by atoms with E-state index in [4.69, 9.17) is 10.5 Å². The molecule has 3 N–H and O–H groups in total. The number of nitrogens with two attached hydrogens (primary N) is 1. The van der Waals surface area contributed by atoms with E-state index in [0.717, 1.165) is 11.1 Å². The van der Waals surface area contributed by atoms with E-state index in [2.05, 4.69) is 0 Å². The number of benzene rings is 3. The molecule has 1 heterocycles. The average Bonchev–Trinajstić information content (AvgIpc) is 3.13. The van der Waals surface area contributed by atoms with E-state index in [-0.39, 0.29) is 17.9 Å². The first-order chi connectivity index (χ1) is 15.9. The number of carbonyl (C=O) groups is 3. The molecule has 3 aromatic rings. The second kappa shape index (κ2) is 9.79. The number of thioether (sulfide) groups is 1. The van der Waals surface area contributed by atoms with Crippen molar-refractivity contribution in [3.8, 4) is 5.75 Å². The van der Waals surface area contributed by atoms with Crippen LogP contribution in [0.2, 0.25) is 0 Å². The summed E-state index contributed by atoms with van der Waals surface area (Å²) in [5, 5.41) is 8.02. The predicted octanol–water partition coefficient (Wildman–Crippen LogP) is 3.99. The molecule has 168 valence electrons. The summed E-state index contributed by atoms with van der Waals surface area (Å²) in [7, 11) is 0. The second-order valence-corrected chi connectivity index (χ2v) is 8.80. The molecule has 4 rings (SSSR count). The highest BCUT2D eigenvalue weighted by atomic mass is 32.2. The van der Waals surface area contributed by atoms with E-state index in [0.29, 0.717) is 18.0 Å². The monoisotopic (exact) mass is 462 g/mol.